The van der Waals surface area contributed by atoms with Gasteiger partial charge in [0.15, 0.2) is 0 Å². The molecule has 2 rings (SSSR count). The van der Waals surface area contributed by atoms with Crippen molar-refractivity contribution in [2.75, 3.05) is 13.1 Å². The number of hydrogen-bond acceptors (Lipinski definition) is 5. The number of tetrazole rings is 1. The molecule has 21 heavy (non-hydrogen) atoms. The molecule has 114 valence electrons. The van der Waals surface area contributed by atoms with E-state index in [0.29, 0.717) is 5.92 Å². The molecule has 1 heterocycles. The number of likely N-dealkylation sites (N-methyl/N-ethyl adjacent to an activating group) is 1. The van der Waals surface area contributed by atoms with Gasteiger partial charge in [0.2, 0.25) is 5.16 Å². The van der Waals surface area contributed by atoms with E-state index in [0.717, 1.165) is 30.5 Å². The minimum Gasteiger partial charge on any atom is -0.315 e. The van der Waals surface area contributed by atoms with Gasteiger partial charge in [0.25, 0.3) is 0 Å². The first-order chi connectivity index (χ1) is 10.2. The van der Waals surface area contributed by atoms with Crippen LogP contribution >= 0.6 is 11.8 Å². The molecule has 0 aliphatic carbocycles. The number of benzene rings is 1. The lowest BCUT2D eigenvalue weighted by Gasteiger charge is -2.07. The molecule has 0 fully saturated rings. The lowest BCUT2D eigenvalue weighted by Crippen LogP contribution is -2.20. The number of thioether (sulfide) groups is 1. The van der Waals surface area contributed by atoms with E-state index in [1.807, 2.05) is 4.68 Å². The van der Waals surface area contributed by atoms with E-state index >= 15 is 0 Å². The van der Waals surface area contributed by atoms with Gasteiger partial charge in [0.1, 0.15) is 0 Å². The van der Waals surface area contributed by atoms with Crippen LogP contribution in [0.1, 0.15) is 37.8 Å². The van der Waals surface area contributed by atoms with Crippen LogP contribution in [0.25, 0.3) is 0 Å². The monoisotopic (exact) mass is 305 g/mol. The molecule has 2 aromatic rings. The summed E-state index contributed by atoms with van der Waals surface area (Å²) in [5.74, 6) is 1.46. The van der Waals surface area contributed by atoms with Crippen LogP contribution in [-0.4, -0.2) is 33.3 Å². The van der Waals surface area contributed by atoms with Crippen LogP contribution in [0.15, 0.2) is 29.4 Å². The number of nitrogens with one attached hydrogen (secondary N) is 1. The van der Waals surface area contributed by atoms with E-state index in [1.165, 1.54) is 11.1 Å². The Morgan fingerprint density at radius 1 is 1.24 bits per heavy atom. The molecule has 0 spiro atoms. The summed E-state index contributed by atoms with van der Waals surface area (Å²) in [6.45, 7) is 9.17. The lowest BCUT2D eigenvalue weighted by molar-refractivity contribution is 0.517. The van der Waals surface area contributed by atoms with Gasteiger partial charge in [-0.1, -0.05) is 56.8 Å². The molecule has 1 aromatic carbocycles. The normalized spacial score (nSPS) is 11.2. The van der Waals surface area contributed by atoms with Gasteiger partial charge in [-0.15, -0.1) is 5.10 Å². The van der Waals surface area contributed by atoms with Crippen molar-refractivity contribution in [1.29, 1.82) is 0 Å². The quantitative estimate of drug-likeness (QED) is 0.600. The molecular weight excluding hydrogens is 282 g/mol. The fraction of sp³-hybridized carbons (Fsp3) is 0.533. The second-order valence-corrected chi connectivity index (χ2v) is 6.17. The molecule has 0 amide bonds. The second-order valence-electron chi connectivity index (χ2n) is 5.22. The zero-order chi connectivity index (χ0) is 15.1. The van der Waals surface area contributed by atoms with Crippen LogP contribution in [0.3, 0.4) is 0 Å². The SMILES string of the molecule is CCNCCn1nnnc1SCc1ccc(C(C)C)cc1. The van der Waals surface area contributed by atoms with Crippen molar-refractivity contribution in [3.05, 3.63) is 35.4 Å². The summed E-state index contributed by atoms with van der Waals surface area (Å²) < 4.78 is 1.86. The molecule has 0 atom stereocenters. The third-order valence-corrected chi connectivity index (χ3v) is 4.29. The summed E-state index contributed by atoms with van der Waals surface area (Å²) >= 11 is 1.68. The van der Waals surface area contributed by atoms with Crippen molar-refractivity contribution in [2.24, 2.45) is 0 Å². The maximum absolute atomic E-state index is 4.09. The van der Waals surface area contributed by atoms with Crippen LogP contribution in [0.5, 0.6) is 0 Å². The predicted molar refractivity (Wildman–Crippen MR) is 86.5 cm³/mol. The smallest absolute Gasteiger partial charge is 0.209 e. The average molecular weight is 305 g/mol. The zero-order valence-electron chi connectivity index (χ0n) is 12.9. The molecule has 5 nitrogen and oxygen atoms in total. The van der Waals surface area contributed by atoms with E-state index in [9.17, 15) is 0 Å². The molecule has 0 radical (unpaired) electrons. The van der Waals surface area contributed by atoms with Gasteiger partial charge in [0, 0.05) is 12.3 Å². The van der Waals surface area contributed by atoms with E-state index in [1.54, 1.807) is 11.8 Å². The summed E-state index contributed by atoms with van der Waals surface area (Å²) in [7, 11) is 0. The first-order valence-corrected chi connectivity index (χ1v) is 8.37. The minimum atomic E-state index is 0.574. The van der Waals surface area contributed by atoms with Crippen LogP contribution in [0.4, 0.5) is 0 Å². The Hall–Kier alpha value is -1.40. The Morgan fingerprint density at radius 3 is 2.67 bits per heavy atom. The Bertz CT molecular complexity index is 535. The van der Waals surface area contributed by atoms with Gasteiger partial charge in [-0.25, -0.2) is 4.68 Å². The topological polar surface area (TPSA) is 55.6 Å². The number of nitrogens with zero attached hydrogens (tertiary/aromatic N) is 4. The van der Waals surface area contributed by atoms with Crippen molar-refractivity contribution >= 4 is 11.8 Å². The van der Waals surface area contributed by atoms with Crippen LogP contribution in [0, 0.1) is 0 Å². The number of aromatic nitrogens is 4. The Morgan fingerprint density at radius 2 is 2.00 bits per heavy atom. The van der Waals surface area contributed by atoms with Gasteiger partial charge in [-0.2, -0.15) is 0 Å². The second kappa shape index (κ2) is 8.14. The van der Waals surface area contributed by atoms with E-state index < -0.39 is 0 Å². The fourth-order valence-corrected chi connectivity index (χ4v) is 2.81. The largest absolute Gasteiger partial charge is 0.315 e. The molecule has 0 saturated heterocycles. The third kappa shape index (κ3) is 4.82. The Kier molecular flexibility index (Phi) is 6.20. The maximum atomic E-state index is 4.09. The average Bonchev–Trinajstić information content (AvgIpc) is 2.93. The highest BCUT2D eigenvalue weighted by Crippen LogP contribution is 2.21. The van der Waals surface area contributed by atoms with Crippen LogP contribution in [0.2, 0.25) is 0 Å². The standard InChI is InChI=1S/C15H23N5S/c1-4-16-9-10-20-15(17-18-19-20)21-11-13-5-7-14(8-6-13)12(2)3/h5-8,12,16H,4,9-11H2,1-3H3. The van der Waals surface area contributed by atoms with Crippen molar-refractivity contribution in [2.45, 2.75) is 44.1 Å². The van der Waals surface area contributed by atoms with Gasteiger partial charge in [-0.3, -0.25) is 0 Å². The maximum Gasteiger partial charge on any atom is 0.209 e. The van der Waals surface area contributed by atoms with E-state index in [-0.39, 0.29) is 0 Å². The van der Waals surface area contributed by atoms with Crippen molar-refractivity contribution in [1.82, 2.24) is 25.5 Å². The lowest BCUT2D eigenvalue weighted by atomic mass is 10.0. The molecule has 0 saturated carbocycles. The first kappa shape index (κ1) is 16.0. The first-order valence-electron chi connectivity index (χ1n) is 7.39. The summed E-state index contributed by atoms with van der Waals surface area (Å²) in [5.41, 5.74) is 2.67. The van der Waals surface area contributed by atoms with Gasteiger partial charge >= 0.3 is 0 Å². The molecule has 0 aliphatic heterocycles. The van der Waals surface area contributed by atoms with E-state index in [4.69, 9.17) is 0 Å². The number of hydrogen-bond donors (Lipinski definition) is 1. The summed E-state index contributed by atoms with van der Waals surface area (Å²) in [4.78, 5) is 0. The van der Waals surface area contributed by atoms with Gasteiger partial charge in [0.05, 0.1) is 6.54 Å². The Labute approximate surface area is 130 Å². The highest BCUT2D eigenvalue weighted by Gasteiger charge is 2.07. The van der Waals surface area contributed by atoms with E-state index in [2.05, 4.69) is 65.9 Å². The molecular formula is C15H23N5S. The van der Waals surface area contributed by atoms with Crippen LogP contribution < -0.4 is 5.32 Å². The van der Waals surface area contributed by atoms with Crippen LogP contribution in [-0.2, 0) is 12.3 Å². The van der Waals surface area contributed by atoms with Crippen molar-refractivity contribution in [3.8, 4) is 0 Å². The minimum absolute atomic E-state index is 0.574. The highest BCUT2D eigenvalue weighted by atomic mass is 32.2. The molecule has 0 aliphatic rings. The molecule has 0 bridgehead atoms. The predicted octanol–water partition coefficient (Wildman–Crippen LogP) is 2.70. The zero-order valence-corrected chi connectivity index (χ0v) is 13.7. The van der Waals surface area contributed by atoms with Crippen molar-refractivity contribution < 1.29 is 0 Å². The third-order valence-electron chi connectivity index (χ3n) is 3.26. The summed E-state index contributed by atoms with van der Waals surface area (Å²) in [5, 5.41) is 16.0. The molecule has 0 unspecified atom stereocenters. The Balaban J connectivity index is 1.89. The summed E-state index contributed by atoms with van der Waals surface area (Å²) in [6.07, 6.45) is 0. The van der Waals surface area contributed by atoms with Gasteiger partial charge in [-0.05, 0) is 34.0 Å². The molecule has 6 heteroatoms. The fourth-order valence-electron chi connectivity index (χ4n) is 1.95. The molecule has 1 aromatic heterocycles. The molecule has 1 N–H and O–H groups in total. The summed E-state index contributed by atoms with van der Waals surface area (Å²) in [6, 6.07) is 8.79. The van der Waals surface area contributed by atoms with Crippen molar-refractivity contribution in [3.63, 3.8) is 0 Å². The number of rotatable bonds is 8. The van der Waals surface area contributed by atoms with Gasteiger partial charge < -0.3 is 5.32 Å². The highest BCUT2D eigenvalue weighted by molar-refractivity contribution is 7.98.